The lowest BCUT2D eigenvalue weighted by molar-refractivity contribution is 0.171. The number of rotatable bonds is 4. The highest BCUT2D eigenvalue weighted by molar-refractivity contribution is 7.98. The van der Waals surface area contributed by atoms with Gasteiger partial charge in [0.25, 0.3) is 0 Å². The Morgan fingerprint density at radius 1 is 1.33 bits per heavy atom. The van der Waals surface area contributed by atoms with Crippen molar-refractivity contribution in [2.45, 2.75) is 24.3 Å². The minimum absolute atomic E-state index is 0. The van der Waals surface area contributed by atoms with Gasteiger partial charge in [-0.15, -0.1) is 24.2 Å². The molecule has 1 heterocycles. The molecule has 0 radical (unpaired) electrons. The van der Waals surface area contributed by atoms with Gasteiger partial charge in [-0.3, -0.25) is 4.90 Å². The summed E-state index contributed by atoms with van der Waals surface area (Å²) in [5.74, 6) is 0.703. The molecule has 2 rings (SSSR count). The Kier molecular flexibility index (Phi) is 7.08. The highest BCUT2D eigenvalue weighted by Crippen LogP contribution is 2.19. The highest BCUT2D eigenvalue weighted by Gasteiger charge is 2.18. The van der Waals surface area contributed by atoms with Crippen LogP contribution in [0.2, 0.25) is 0 Å². The van der Waals surface area contributed by atoms with Gasteiger partial charge in [-0.25, -0.2) is 0 Å². The Labute approximate surface area is 121 Å². The molecule has 0 bridgehead atoms. The van der Waals surface area contributed by atoms with Crippen molar-refractivity contribution in [1.82, 2.24) is 4.90 Å². The number of halogens is 1. The molecule has 1 aromatic carbocycles. The third-order valence-corrected chi connectivity index (χ3v) is 4.25. The molecule has 1 aliphatic heterocycles. The van der Waals surface area contributed by atoms with Gasteiger partial charge in [-0.1, -0.05) is 12.1 Å². The predicted molar refractivity (Wildman–Crippen MR) is 82.5 cm³/mol. The van der Waals surface area contributed by atoms with Gasteiger partial charge in [0.05, 0.1) is 0 Å². The van der Waals surface area contributed by atoms with E-state index in [1.165, 1.54) is 36.4 Å². The number of hydrogen-bond acceptors (Lipinski definition) is 3. The van der Waals surface area contributed by atoms with Gasteiger partial charge < -0.3 is 5.73 Å². The van der Waals surface area contributed by atoms with Gasteiger partial charge in [0.2, 0.25) is 0 Å². The van der Waals surface area contributed by atoms with Crippen LogP contribution in [0.1, 0.15) is 18.4 Å². The van der Waals surface area contributed by atoms with Crippen molar-refractivity contribution in [3.8, 4) is 0 Å². The topological polar surface area (TPSA) is 29.3 Å². The summed E-state index contributed by atoms with van der Waals surface area (Å²) in [6, 6.07) is 8.92. The maximum Gasteiger partial charge on any atom is 0.0233 e. The summed E-state index contributed by atoms with van der Waals surface area (Å²) in [6.07, 6.45) is 4.72. The van der Waals surface area contributed by atoms with E-state index in [9.17, 15) is 0 Å². The summed E-state index contributed by atoms with van der Waals surface area (Å²) in [5, 5.41) is 0. The van der Waals surface area contributed by atoms with Crippen LogP contribution in [-0.2, 0) is 6.54 Å². The molecule has 1 unspecified atom stereocenters. The van der Waals surface area contributed by atoms with Crippen LogP contribution in [0.4, 0.5) is 0 Å². The van der Waals surface area contributed by atoms with Crippen LogP contribution < -0.4 is 5.73 Å². The maximum absolute atomic E-state index is 5.77. The molecule has 1 fully saturated rings. The van der Waals surface area contributed by atoms with Crippen molar-refractivity contribution < 1.29 is 0 Å². The zero-order chi connectivity index (χ0) is 12.1. The van der Waals surface area contributed by atoms with E-state index in [1.807, 2.05) is 0 Å². The van der Waals surface area contributed by atoms with Crippen molar-refractivity contribution in [3.63, 3.8) is 0 Å². The van der Waals surface area contributed by atoms with Gasteiger partial charge in [0, 0.05) is 18.0 Å². The minimum Gasteiger partial charge on any atom is -0.330 e. The highest BCUT2D eigenvalue weighted by atomic mass is 35.5. The molecule has 4 heteroatoms. The van der Waals surface area contributed by atoms with E-state index < -0.39 is 0 Å². The van der Waals surface area contributed by atoms with Gasteiger partial charge in [0.1, 0.15) is 0 Å². The molecule has 0 aliphatic carbocycles. The second-order valence-corrected chi connectivity index (χ2v) is 5.71. The summed E-state index contributed by atoms with van der Waals surface area (Å²) in [4.78, 5) is 3.88. The molecule has 2 nitrogen and oxygen atoms in total. The van der Waals surface area contributed by atoms with Crippen molar-refractivity contribution in [2.75, 3.05) is 25.9 Å². The van der Waals surface area contributed by atoms with Crippen LogP contribution in [0.25, 0.3) is 0 Å². The van der Waals surface area contributed by atoms with Gasteiger partial charge in [-0.05, 0) is 55.8 Å². The second kappa shape index (κ2) is 8.05. The number of piperidine rings is 1. The van der Waals surface area contributed by atoms with Crippen LogP contribution in [-0.4, -0.2) is 30.8 Å². The summed E-state index contributed by atoms with van der Waals surface area (Å²) < 4.78 is 0. The molecular weight excluding hydrogens is 264 g/mol. The van der Waals surface area contributed by atoms with Crippen LogP contribution in [0.3, 0.4) is 0 Å². The fraction of sp³-hybridized carbons (Fsp3) is 0.571. The maximum atomic E-state index is 5.77. The number of nitrogens with zero attached hydrogens (tertiary/aromatic N) is 1. The first-order valence-electron chi connectivity index (χ1n) is 6.37. The first kappa shape index (κ1) is 15.8. The van der Waals surface area contributed by atoms with Crippen LogP contribution >= 0.6 is 24.2 Å². The van der Waals surface area contributed by atoms with E-state index >= 15 is 0 Å². The fourth-order valence-corrected chi connectivity index (χ4v) is 2.88. The van der Waals surface area contributed by atoms with Crippen LogP contribution in [0, 0.1) is 5.92 Å². The third kappa shape index (κ3) is 4.47. The molecule has 0 spiro atoms. The zero-order valence-corrected chi connectivity index (χ0v) is 12.6. The molecule has 0 saturated carbocycles. The summed E-state index contributed by atoms with van der Waals surface area (Å²) in [7, 11) is 0. The third-order valence-electron chi connectivity index (χ3n) is 3.50. The molecule has 1 saturated heterocycles. The van der Waals surface area contributed by atoms with Crippen molar-refractivity contribution >= 4 is 24.2 Å². The normalized spacial score (nSPS) is 20.4. The van der Waals surface area contributed by atoms with E-state index in [-0.39, 0.29) is 12.4 Å². The van der Waals surface area contributed by atoms with Gasteiger partial charge in [0.15, 0.2) is 0 Å². The van der Waals surface area contributed by atoms with E-state index in [4.69, 9.17) is 5.73 Å². The lowest BCUT2D eigenvalue weighted by Gasteiger charge is -2.32. The average molecular weight is 287 g/mol. The number of nitrogens with two attached hydrogens (primary N) is 1. The number of benzene rings is 1. The number of thioether (sulfide) groups is 1. The van der Waals surface area contributed by atoms with E-state index in [1.54, 1.807) is 11.8 Å². The quantitative estimate of drug-likeness (QED) is 0.863. The van der Waals surface area contributed by atoms with Gasteiger partial charge in [-0.2, -0.15) is 0 Å². The molecule has 18 heavy (non-hydrogen) atoms. The predicted octanol–water partition coefficient (Wildman–Crippen LogP) is 3.00. The molecule has 1 aliphatic rings. The lowest BCUT2D eigenvalue weighted by atomic mass is 9.98. The first-order valence-corrected chi connectivity index (χ1v) is 7.59. The fourth-order valence-electron chi connectivity index (χ4n) is 2.48. The zero-order valence-electron chi connectivity index (χ0n) is 11.0. The smallest absolute Gasteiger partial charge is 0.0233 e. The van der Waals surface area contributed by atoms with E-state index in [0.717, 1.165) is 13.1 Å². The van der Waals surface area contributed by atoms with Gasteiger partial charge >= 0.3 is 0 Å². The van der Waals surface area contributed by atoms with Crippen LogP contribution in [0.15, 0.2) is 29.2 Å². The monoisotopic (exact) mass is 286 g/mol. The van der Waals surface area contributed by atoms with E-state index in [0.29, 0.717) is 5.92 Å². The number of likely N-dealkylation sites (tertiary alicyclic amines) is 1. The summed E-state index contributed by atoms with van der Waals surface area (Å²) >= 11 is 1.80. The molecule has 0 amide bonds. The number of hydrogen-bond donors (Lipinski definition) is 1. The Bertz CT molecular complexity index is 342. The first-order chi connectivity index (χ1) is 8.31. The summed E-state index contributed by atoms with van der Waals surface area (Å²) in [5.41, 5.74) is 7.18. The van der Waals surface area contributed by atoms with Crippen molar-refractivity contribution in [2.24, 2.45) is 11.7 Å². The Morgan fingerprint density at radius 3 is 2.67 bits per heavy atom. The largest absolute Gasteiger partial charge is 0.330 e. The standard InChI is InChI=1S/C14H22N2S.ClH/c1-17-14-6-4-12(5-7-14)10-16-8-2-3-13(9-15)11-16;/h4-7,13H,2-3,8-11,15H2,1H3;1H. The van der Waals surface area contributed by atoms with Crippen molar-refractivity contribution in [3.05, 3.63) is 29.8 Å². The minimum atomic E-state index is 0. The van der Waals surface area contributed by atoms with Crippen molar-refractivity contribution in [1.29, 1.82) is 0 Å². The molecule has 0 aromatic heterocycles. The molecule has 102 valence electrons. The van der Waals surface area contributed by atoms with Crippen LogP contribution in [0.5, 0.6) is 0 Å². The molecule has 1 atom stereocenters. The summed E-state index contributed by atoms with van der Waals surface area (Å²) in [6.45, 7) is 4.30. The Balaban J connectivity index is 0.00000162. The second-order valence-electron chi connectivity index (χ2n) is 4.83. The molecule has 1 aromatic rings. The molecular formula is C14H23ClN2S. The van der Waals surface area contributed by atoms with E-state index in [2.05, 4.69) is 35.4 Å². The average Bonchev–Trinajstić information content (AvgIpc) is 2.40. The SMILES string of the molecule is CSc1ccc(CN2CCCC(CN)C2)cc1.Cl. The molecule has 2 N–H and O–H groups in total. The Hall–Kier alpha value is -0.220. The Morgan fingerprint density at radius 2 is 2.06 bits per heavy atom. The lowest BCUT2D eigenvalue weighted by Crippen LogP contribution is -2.37.